The molecule has 0 radical (unpaired) electrons. The first-order valence-corrected chi connectivity index (χ1v) is 8.32. The Morgan fingerprint density at radius 2 is 1.84 bits per heavy atom. The van der Waals surface area contributed by atoms with Gasteiger partial charge in [-0.3, -0.25) is 0 Å². The van der Waals surface area contributed by atoms with Crippen molar-refractivity contribution < 1.29 is 4.74 Å². The number of ether oxygens (including phenoxy) is 1. The molecule has 1 aromatic carbocycles. The van der Waals surface area contributed by atoms with Crippen molar-refractivity contribution in [1.82, 2.24) is 19.9 Å². The van der Waals surface area contributed by atoms with Crippen LogP contribution in [0.3, 0.4) is 0 Å². The predicted molar refractivity (Wildman–Crippen MR) is 99.6 cm³/mol. The molecule has 0 saturated carbocycles. The van der Waals surface area contributed by atoms with Crippen LogP contribution in [-0.4, -0.2) is 40.6 Å². The zero-order chi connectivity index (χ0) is 17.6. The van der Waals surface area contributed by atoms with Gasteiger partial charge in [-0.2, -0.15) is 9.97 Å². The average molecular weight is 338 g/mol. The van der Waals surface area contributed by atoms with E-state index >= 15 is 0 Å². The first kappa shape index (κ1) is 16.9. The minimum Gasteiger partial charge on any atom is -0.497 e. The van der Waals surface area contributed by atoms with E-state index in [9.17, 15) is 0 Å². The van der Waals surface area contributed by atoms with Gasteiger partial charge in [-0.05, 0) is 30.7 Å². The van der Waals surface area contributed by atoms with Crippen LogP contribution >= 0.6 is 0 Å². The summed E-state index contributed by atoms with van der Waals surface area (Å²) in [7, 11) is 3.64. The highest BCUT2D eigenvalue weighted by molar-refractivity contribution is 5.85. The van der Waals surface area contributed by atoms with Crippen molar-refractivity contribution in [3.8, 4) is 5.75 Å². The zero-order valence-corrected chi connectivity index (χ0v) is 14.7. The minimum atomic E-state index is 0.576. The lowest BCUT2D eigenvalue weighted by Crippen LogP contribution is -2.21. The fourth-order valence-corrected chi connectivity index (χ4v) is 2.42. The molecule has 2 heterocycles. The van der Waals surface area contributed by atoms with Crippen LogP contribution in [0, 0.1) is 0 Å². The molecule has 0 atom stereocenters. The number of methoxy groups -OCH3 is 1. The van der Waals surface area contributed by atoms with Crippen molar-refractivity contribution in [1.29, 1.82) is 0 Å². The number of rotatable bonds is 7. The third-order valence-corrected chi connectivity index (χ3v) is 3.86. The molecule has 0 bridgehead atoms. The summed E-state index contributed by atoms with van der Waals surface area (Å²) in [6.45, 7) is 3.06. The van der Waals surface area contributed by atoms with E-state index in [1.54, 1.807) is 19.5 Å². The predicted octanol–water partition coefficient (Wildman–Crippen LogP) is 3.41. The van der Waals surface area contributed by atoms with Crippen LogP contribution in [-0.2, 0) is 0 Å². The van der Waals surface area contributed by atoms with Crippen LogP contribution < -0.4 is 15.0 Å². The van der Waals surface area contributed by atoms with Gasteiger partial charge < -0.3 is 15.0 Å². The molecule has 2 aromatic heterocycles. The second kappa shape index (κ2) is 7.74. The Balaban J connectivity index is 1.96. The largest absolute Gasteiger partial charge is 0.497 e. The minimum absolute atomic E-state index is 0.576. The molecule has 0 aliphatic heterocycles. The summed E-state index contributed by atoms with van der Waals surface area (Å²) in [6, 6.07) is 7.66. The molecule has 1 N–H and O–H groups in total. The number of anilines is 3. The first-order chi connectivity index (χ1) is 12.2. The number of hydrogen-bond donors (Lipinski definition) is 1. The van der Waals surface area contributed by atoms with Gasteiger partial charge in [0.15, 0.2) is 17.0 Å². The van der Waals surface area contributed by atoms with Gasteiger partial charge in [0.1, 0.15) is 5.75 Å². The smallest absolute Gasteiger partial charge is 0.229 e. The fourth-order valence-electron chi connectivity index (χ4n) is 2.42. The lowest BCUT2D eigenvalue weighted by Gasteiger charge is -2.18. The van der Waals surface area contributed by atoms with E-state index in [4.69, 9.17) is 4.74 Å². The number of unbranched alkanes of at least 4 members (excludes halogenated alkanes) is 1. The standard InChI is InChI=1S/C18H22N6O/c1-4-5-12-24(2)18-22-16-15(19-10-11-20-16)17(23-18)21-13-6-8-14(25-3)9-7-13/h6-11H,4-5,12H2,1-3H3,(H,20,21,22,23). The molecule has 0 fully saturated rings. The lowest BCUT2D eigenvalue weighted by atomic mass is 10.3. The Morgan fingerprint density at radius 3 is 2.56 bits per heavy atom. The third kappa shape index (κ3) is 3.93. The molecule has 0 aliphatic carbocycles. The second-order valence-electron chi connectivity index (χ2n) is 5.73. The summed E-state index contributed by atoms with van der Waals surface area (Å²) in [5.74, 6) is 2.08. The van der Waals surface area contributed by atoms with Gasteiger partial charge in [0, 0.05) is 31.7 Å². The van der Waals surface area contributed by atoms with Crippen LogP contribution in [0.4, 0.5) is 17.5 Å². The van der Waals surface area contributed by atoms with Crippen molar-refractivity contribution in [2.24, 2.45) is 0 Å². The summed E-state index contributed by atoms with van der Waals surface area (Å²) in [5.41, 5.74) is 2.12. The summed E-state index contributed by atoms with van der Waals surface area (Å²) in [5, 5.41) is 3.31. The van der Waals surface area contributed by atoms with E-state index in [2.05, 4.69) is 32.2 Å². The highest BCUT2D eigenvalue weighted by atomic mass is 16.5. The molecule has 0 unspecified atom stereocenters. The Bertz CT molecular complexity index is 837. The Hall–Kier alpha value is -2.96. The zero-order valence-electron chi connectivity index (χ0n) is 14.7. The van der Waals surface area contributed by atoms with Gasteiger partial charge in [0.05, 0.1) is 7.11 Å². The van der Waals surface area contributed by atoms with Crippen LogP contribution in [0.5, 0.6) is 5.75 Å². The lowest BCUT2D eigenvalue weighted by molar-refractivity contribution is 0.415. The van der Waals surface area contributed by atoms with Crippen molar-refractivity contribution >= 4 is 28.6 Å². The molecule has 0 aliphatic rings. The van der Waals surface area contributed by atoms with E-state index in [1.165, 1.54) is 0 Å². The van der Waals surface area contributed by atoms with Crippen LogP contribution in [0.15, 0.2) is 36.7 Å². The number of nitrogens with zero attached hydrogens (tertiary/aromatic N) is 5. The highest BCUT2D eigenvalue weighted by Crippen LogP contribution is 2.24. The van der Waals surface area contributed by atoms with Crippen molar-refractivity contribution in [3.63, 3.8) is 0 Å². The molecule has 7 nitrogen and oxygen atoms in total. The summed E-state index contributed by atoms with van der Waals surface area (Å²) in [6.07, 6.45) is 5.49. The molecular weight excluding hydrogens is 316 g/mol. The van der Waals surface area contributed by atoms with Gasteiger partial charge in [0.25, 0.3) is 0 Å². The van der Waals surface area contributed by atoms with Gasteiger partial charge in [-0.25, -0.2) is 9.97 Å². The Morgan fingerprint density at radius 1 is 1.08 bits per heavy atom. The van der Waals surface area contributed by atoms with Crippen molar-refractivity contribution in [3.05, 3.63) is 36.7 Å². The third-order valence-electron chi connectivity index (χ3n) is 3.86. The van der Waals surface area contributed by atoms with E-state index in [1.807, 2.05) is 36.2 Å². The molecular formula is C18H22N6O. The van der Waals surface area contributed by atoms with Gasteiger partial charge in [-0.1, -0.05) is 13.3 Å². The van der Waals surface area contributed by atoms with Gasteiger partial charge in [0.2, 0.25) is 5.95 Å². The average Bonchev–Trinajstić information content (AvgIpc) is 2.66. The molecule has 3 rings (SSSR count). The van der Waals surface area contributed by atoms with E-state index < -0.39 is 0 Å². The van der Waals surface area contributed by atoms with Crippen LogP contribution in [0.2, 0.25) is 0 Å². The topological polar surface area (TPSA) is 76.1 Å². The molecule has 25 heavy (non-hydrogen) atoms. The highest BCUT2D eigenvalue weighted by Gasteiger charge is 2.13. The monoisotopic (exact) mass is 338 g/mol. The molecule has 3 aromatic rings. The molecule has 0 amide bonds. The maximum absolute atomic E-state index is 5.20. The number of benzene rings is 1. The molecule has 0 saturated heterocycles. The van der Waals surface area contributed by atoms with Crippen molar-refractivity contribution in [2.45, 2.75) is 19.8 Å². The van der Waals surface area contributed by atoms with Gasteiger partial charge >= 0.3 is 0 Å². The Labute approximate surface area is 147 Å². The number of hydrogen-bond acceptors (Lipinski definition) is 7. The normalized spacial score (nSPS) is 10.7. The first-order valence-electron chi connectivity index (χ1n) is 8.32. The summed E-state index contributed by atoms with van der Waals surface area (Å²) < 4.78 is 5.20. The maximum atomic E-state index is 5.20. The van der Waals surface area contributed by atoms with Gasteiger partial charge in [-0.15, -0.1) is 0 Å². The summed E-state index contributed by atoms with van der Waals surface area (Å²) >= 11 is 0. The molecule has 0 spiro atoms. The number of aromatic nitrogens is 4. The van der Waals surface area contributed by atoms with Crippen LogP contribution in [0.1, 0.15) is 19.8 Å². The molecule has 130 valence electrons. The van der Waals surface area contributed by atoms with Crippen molar-refractivity contribution in [2.75, 3.05) is 30.9 Å². The second-order valence-corrected chi connectivity index (χ2v) is 5.73. The quantitative estimate of drug-likeness (QED) is 0.707. The maximum Gasteiger partial charge on any atom is 0.229 e. The fraction of sp³-hybridized carbons (Fsp3) is 0.333. The Kier molecular flexibility index (Phi) is 5.23. The number of nitrogens with one attached hydrogen (secondary N) is 1. The van der Waals surface area contributed by atoms with Crippen LogP contribution in [0.25, 0.3) is 11.2 Å². The van der Waals surface area contributed by atoms with E-state index in [0.717, 1.165) is 30.8 Å². The van der Waals surface area contributed by atoms with E-state index in [-0.39, 0.29) is 0 Å². The molecule has 7 heteroatoms. The SMILES string of the molecule is CCCCN(C)c1nc(Nc2ccc(OC)cc2)c2nccnc2n1. The number of fused-ring (bicyclic) bond motifs is 1. The van der Waals surface area contributed by atoms with E-state index in [0.29, 0.717) is 22.9 Å². The summed E-state index contributed by atoms with van der Waals surface area (Å²) in [4.78, 5) is 20.0.